The van der Waals surface area contributed by atoms with Gasteiger partial charge in [-0.2, -0.15) is 4.31 Å². The molecule has 32 heavy (non-hydrogen) atoms. The number of esters is 1. The fourth-order valence-corrected chi connectivity index (χ4v) is 8.59. The SMILES string of the molecule is CCOC(=O)c1cc(S(=O)(=O)N2CCN(C(=O)C34CC5CC(CC(C5)C3)C4)CC2)c(C)o1. The van der Waals surface area contributed by atoms with E-state index in [-0.39, 0.29) is 47.4 Å². The molecule has 1 aliphatic heterocycles. The standard InChI is InChI=1S/C23H32N2O6S/c1-3-30-21(26)19-11-20(15(2)31-19)32(28,29)25-6-4-24(5-7-25)22(27)23-12-16-8-17(13-23)10-18(9-16)14-23/h11,16-18H,3-10,12-14H2,1-2H3. The van der Waals surface area contributed by atoms with Gasteiger partial charge < -0.3 is 14.1 Å². The number of hydrogen-bond acceptors (Lipinski definition) is 6. The van der Waals surface area contributed by atoms with E-state index in [1.165, 1.54) is 36.6 Å². The molecule has 176 valence electrons. The smallest absolute Gasteiger partial charge is 0.374 e. The van der Waals surface area contributed by atoms with Gasteiger partial charge in [0.2, 0.25) is 21.7 Å². The van der Waals surface area contributed by atoms with Crippen LogP contribution in [-0.2, 0) is 19.6 Å². The van der Waals surface area contributed by atoms with Crippen molar-refractivity contribution in [3.05, 3.63) is 17.6 Å². The first kappa shape index (κ1) is 21.9. The fraction of sp³-hybridized carbons (Fsp3) is 0.739. The Morgan fingerprint density at radius 3 is 2.16 bits per heavy atom. The van der Waals surface area contributed by atoms with Crippen molar-refractivity contribution in [2.45, 2.75) is 57.3 Å². The predicted octanol–water partition coefficient (Wildman–Crippen LogP) is 2.81. The molecule has 9 heteroatoms. The minimum Gasteiger partial charge on any atom is -0.460 e. The first-order valence-corrected chi connectivity index (χ1v) is 13.2. The summed E-state index contributed by atoms with van der Waals surface area (Å²) in [7, 11) is -3.82. The van der Waals surface area contributed by atoms with Crippen molar-refractivity contribution in [1.29, 1.82) is 0 Å². The fourth-order valence-electron chi connectivity index (χ4n) is 7.00. The van der Waals surface area contributed by atoms with Crippen LogP contribution in [0.25, 0.3) is 0 Å². The molecule has 4 aliphatic carbocycles. The molecule has 0 unspecified atom stereocenters. The molecule has 1 aromatic heterocycles. The normalized spacial score (nSPS) is 32.3. The van der Waals surface area contributed by atoms with Crippen LogP contribution >= 0.6 is 0 Å². The minimum atomic E-state index is -3.82. The zero-order chi connectivity index (χ0) is 22.7. The van der Waals surface area contributed by atoms with Gasteiger partial charge in [-0.25, -0.2) is 13.2 Å². The molecule has 0 radical (unpaired) electrons. The number of aryl methyl sites for hydroxylation is 1. The Balaban J connectivity index is 1.27. The summed E-state index contributed by atoms with van der Waals surface area (Å²) in [6, 6.07) is 1.25. The molecule has 0 atom stereocenters. The molecule has 5 fully saturated rings. The van der Waals surface area contributed by atoms with Crippen LogP contribution in [0.5, 0.6) is 0 Å². The van der Waals surface area contributed by atoms with Crippen LogP contribution in [-0.4, -0.2) is 62.3 Å². The molecule has 1 amide bonds. The molecule has 0 spiro atoms. The molecule has 4 bridgehead atoms. The van der Waals surface area contributed by atoms with Gasteiger partial charge in [0.25, 0.3) is 0 Å². The number of rotatable bonds is 5. The molecule has 1 aromatic rings. The van der Waals surface area contributed by atoms with Gasteiger partial charge in [0.1, 0.15) is 10.7 Å². The van der Waals surface area contributed by atoms with Crippen molar-refractivity contribution in [1.82, 2.24) is 9.21 Å². The average Bonchev–Trinajstić information content (AvgIpc) is 3.15. The summed E-state index contributed by atoms with van der Waals surface area (Å²) in [4.78, 5) is 27.4. The molecule has 6 rings (SSSR count). The number of carbonyl (C=O) groups is 2. The maximum absolute atomic E-state index is 13.6. The number of sulfonamides is 1. The summed E-state index contributed by atoms with van der Waals surface area (Å²) in [5.74, 6) is 1.72. The number of ether oxygens (including phenoxy) is 1. The van der Waals surface area contributed by atoms with Crippen LogP contribution < -0.4 is 0 Å². The molecule has 8 nitrogen and oxygen atoms in total. The summed E-state index contributed by atoms with van der Waals surface area (Å²) >= 11 is 0. The third-order valence-corrected chi connectivity index (χ3v) is 9.99. The van der Waals surface area contributed by atoms with E-state index >= 15 is 0 Å². The second-order valence-electron chi connectivity index (χ2n) is 10.1. The van der Waals surface area contributed by atoms with Crippen LogP contribution in [0, 0.1) is 30.1 Å². The quantitative estimate of drug-likeness (QED) is 0.622. The van der Waals surface area contributed by atoms with E-state index in [0.717, 1.165) is 19.3 Å². The lowest BCUT2D eigenvalue weighted by molar-refractivity contribution is -0.158. The number of nitrogens with zero attached hydrogens (tertiary/aromatic N) is 2. The van der Waals surface area contributed by atoms with Crippen LogP contribution in [0.1, 0.15) is 61.8 Å². The van der Waals surface area contributed by atoms with Crippen LogP contribution in [0.3, 0.4) is 0 Å². The Labute approximate surface area is 189 Å². The maximum Gasteiger partial charge on any atom is 0.374 e. The molecular weight excluding hydrogens is 432 g/mol. The molecule has 0 aromatic carbocycles. The summed E-state index contributed by atoms with van der Waals surface area (Å²) in [6.45, 7) is 4.70. The first-order valence-electron chi connectivity index (χ1n) is 11.8. The van der Waals surface area contributed by atoms with Gasteiger partial charge in [-0.15, -0.1) is 0 Å². The van der Waals surface area contributed by atoms with Crippen LogP contribution in [0.2, 0.25) is 0 Å². The van der Waals surface area contributed by atoms with Gasteiger partial charge >= 0.3 is 5.97 Å². The van der Waals surface area contributed by atoms with Crippen molar-refractivity contribution in [3.8, 4) is 0 Å². The highest BCUT2D eigenvalue weighted by molar-refractivity contribution is 7.89. The Morgan fingerprint density at radius 1 is 1.06 bits per heavy atom. The van der Waals surface area contributed by atoms with Crippen LogP contribution in [0.4, 0.5) is 0 Å². The van der Waals surface area contributed by atoms with Crippen molar-refractivity contribution in [2.24, 2.45) is 23.2 Å². The number of hydrogen-bond donors (Lipinski definition) is 0. The number of amides is 1. The average molecular weight is 465 g/mol. The largest absolute Gasteiger partial charge is 0.460 e. The van der Waals surface area contributed by atoms with E-state index in [1.54, 1.807) is 6.92 Å². The van der Waals surface area contributed by atoms with Gasteiger partial charge in [-0.05, 0) is 70.1 Å². The van der Waals surface area contributed by atoms with Gasteiger partial charge in [0, 0.05) is 32.2 Å². The topological polar surface area (TPSA) is 97.1 Å². The molecule has 0 N–H and O–H groups in total. The molecule has 5 aliphatic rings. The molecular formula is C23H32N2O6S. The summed E-state index contributed by atoms with van der Waals surface area (Å²) in [5, 5.41) is 0. The maximum atomic E-state index is 13.6. The third kappa shape index (κ3) is 3.57. The molecule has 4 saturated carbocycles. The monoisotopic (exact) mass is 464 g/mol. The van der Waals surface area contributed by atoms with E-state index in [1.807, 2.05) is 4.90 Å². The van der Waals surface area contributed by atoms with Crippen molar-refractivity contribution in [2.75, 3.05) is 32.8 Å². The van der Waals surface area contributed by atoms with E-state index in [9.17, 15) is 18.0 Å². The van der Waals surface area contributed by atoms with Crippen molar-refractivity contribution >= 4 is 21.9 Å². The summed E-state index contributed by atoms with van der Waals surface area (Å²) in [6.07, 6.45) is 6.91. The highest BCUT2D eigenvalue weighted by Crippen LogP contribution is 2.60. The van der Waals surface area contributed by atoms with Crippen LogP contribution in [0.15, 0.2) is 15.4 Å². The van der Waals surface area contributed by atoms with Gasteiger partial charge in [-0.3, -0.25) is 4.79 Å². The minimum absolute atomic E-state index is 0.0126. The van der Waals surface area contributed by atoms with E-state index in [2.05, 4.69) is 0 Å². The van der Waals surface area contributed by atoms with Gasteiger partial charge in [-0.1, -0.05) is 0 Å². The third-order valence-electron chi connectivity index (χ3n) is 7.98. The van der Waals surface area contributed by atoms with Gasteiger partial charge in [0.15, 0.2) is 0 Å². The summed E-state index contributed by atoms with van der Waals surface area (Å²) in [5.41, 5.74) is -0.203. The van der Waals surface area contributed by atoms with E-state index in [0.29, 0.717) is 30.8 Å². The number of furan rings is 1. The Morgan fingerprint density at radius 2 is 1.62 bits per heavy atom. The highest BCUT2D eigenvalue weighted by Gasteiger charge is 2.55. The van der Waals surface area contributed by atoms with Crippen molar-refractivity contribution in [3.63, 3.8) is 0 Å². The predicted molar refractivity (Wildman–Crippen MR) is 115 cm³/mol. The van der Waals surface area contributed by atoms with E-state index in [4.69, 9.17) is 9.15 Å². The Hall–Kier alpha value is -1.87. The Kier molecular flexibility index (Phi) is 5.40. The zero-order valence-corrected chi connectivity index (χ0v) is 19.7. The highest BCUT2D eigenvalue weighted by atomic mass is 32.2. The summed E-state index contributed by atoms with van der Waals surface area (Å²) < 4.78 is 38.1. The number of carbonyl (C=O) groups excluding carboxylic acids is 2. The number of piperazine rings is 1. The van der Waals surface area contributed by atoms with Crippen molar-refractivity contribution < 1.29 is 27.2 Å². The first-order chi connectivity index (χ1) is 15.2. The lowest BCUT2D eigenvalue weighted by Crippen LogP contribution is -2.58. The lowest BCUT2D eigenvalue weighted by atomic mass is 9.49. The molecule has 1 saturated heterocycles. The second-order valence-corrected chi connectivity index (χ2v) is 12.1. The lowest BCUT2D eigenvalue weighted by Gasteiger charge is -2.57. The van der Waals surface area contributed by atoms with Gasteiger partial charge in [0.05, 0.1) is 12.0 Å². The second kappa shape index (κ2) is 7.87. The van der Waals surface area contributed by atoms with E-state index < -0.39 is 16.0 Å². The zero-order valence-electron chi connectivity index (χ0n) is 18.8. The molecule has 2 heterocycles. The Bertz CT molecular complexity index is 986.